The maximum atomic E-state index is 11.7. The zero-order chi connectivity index (χ0) is 16.0. The van der Waals surface area contributed by atoms with E-state index in [9.17, 15) is 21.6 Å². The van der Waals surface area contributed by atoms with E-state index in [0.29, 0.717) is 15.0 Å². The Bertz CT molecular complexity index is 766. The minimum atomic E-state index is -4.03. The van der Waals surface area contributed by atoms with Crippen LogP contribution in [0.1, 0.15) is 5.56 Å². The van der Waals surface area contributed by atoms with Crippen molar-refractivity contribution in [2.45, 2.75) is 12.5 Å². The lowest BCUT2D eigenvalue weighted by molar-refractivity contribution is -0.144. The highest BCUT2D eigenvalue weighted by Crippen LogP contribution is 2.33. The molecule has 1 unspecified atom stereocenters. The van der Waals surface area contributed by atoms with Crippen molar-refractivity contribution in [1.29, 1.82) is 0 Å². The van der Waals surface area contributed by atoms with E-state index in [-0.39, 0.29) is 12.1 Å². The van der Waals surface area contributed by atoms with Crippen molar-refractivity contribution >= 4 is 31.7 Å². The number of fused-ring (bicyclic) bond motifs is 1. The molecule has 0 aliphatic carbocycles. The molecule has 1 aromatic carbocycles. The zero-order valence-electron chi connectivity index (χ0n) is 11.2. The molecule has 1 aliphatic rings. The van der Waals surface area contributed by atoms with Crippen LogP contribution in [0.4, 0.5) is 5.69 Å². The molecule has 0 bridgehead atoms. The quantitative estimate of drug-likeness (QED) is 0.809. The Labute approximate surface area is 122 Å². The van der Waals surface area contributed by atoms with Crippen LogP contribution in [0.3, 0.4) is 0 Å². The number of carbonyl (C=O) groups is 1. The highest BCUT2D eigenvalue weighted by atomic mass is 32.3. The van der Waals surface area contributed by atoms with E-state index in [1.807, 2.05) is 0 Å². The lowest BCUT2D eigenvalue weighted by Gasteiger charge is -2.20. The molecule has 1 atom stereocenters. The summed E-state index contributed by atoms with van der Waals surface area (Å²) in [4.78, 5) is 10.9. The van der Waals surface area contributed by atoms with Gasteiger partial charge >= 0.3 is 5.97 Å². The molecule has 0 saturated carbocycles. The van der Waals surface area contributed by atoms with Gasteiger partial charge in [0.2, 0.25) is 20.0 Å². The Morgan fingerprint density at radius 2 is 1.81 bits per heavy atom. The van der Waals surface area contributed by atoms with Crippen LogP contribution in [-0.4, -0.2) is 46.5 Å². The highest BCUT2D eigenvalue weighted by Gasteiger charge is 2.32. The van der Waals surface area contributed by atoms with Gasteiger partial charge < -0.3 is 9.84 Å². The third-order valence-electron chi connectivity index (χ3n) is 2.81. The van der Waals surface area contributed by atoms with Crippen LogP contribution in [0.15, 0.2) is 18.2 Å². The first-order valence-corrected chi connectivity index (χ1v) is 9.42. The first kappa shape index (κ1) is 15.6. The molecule has 0 amide bonds. The topological polar surface area (TPSA) is 118 Å². The summed E-state index contributed by atoms with van der Waals surface area (Å²) in [5.74, 6) is -0.844. The molecular formula is C11H13NO7S2. The van der Waals surface area contributed by atoms with E-state index in [1.165, 1.54) is 18.2 Å². The van der Waals surface area contributed by atoms with Gasteiger partial charge in [-0.05, 0) is 18.2 Å². The molecule has 1 N–H and O–H groups in total. The average Bonchev–Trinajstić information content (AvgIpc) is 2.67. The fraction of sp³-hybridized carbons (Fsp3) is 0.364. The van der Waals surface area contributed by atoms with Gasteiger partial charge in [-0.15, -0.1) is 0 Å². The maximum Gasteiger partial charge on any atom is 0.345 e. The Morgan fingerprint density at radius 1 is 1.24 bits per heavy atom. The van der Waals surface area contributed by atoms with Gasteiger partial charge in [0.05, 0.1) is 18.2 Å². The first-order chi connectivity index (χ1) is 9.50. The fourth-order valence-corrected chi connectivity index (χ4v) is 5.08. The number of benzene rings is 1. The van der Waals surface area contributed by atoms with Gasteiger partial charge in [-0.25, -0.2) is 21.6 Å². The van der Waals surface area contributed by atoms with Gasteiger partial charge in [-0.2, -0.15) is 3.71 Å². The third-order valence-corrected chi connectivity index (χ3v) is 6.06. The molecule has 0 aromatic heterocycles. The van der Waals surface area contributed by atoms with E-state index in [4.69, 9.17) is 9.84 Å². The SMILES string of the molecule is CS(=O)(=O)N(c1ccc2c(c1)CC(C(=O)O)O2)S(C)(=O)=O. The summed E-state index contributed by atoms with van der Waals surface area (Å²) in [6, 6.07) is 3.92. The van der Waals surface area contributed by atoms with Gasteiger partial charge in [0.1, 0.15) is 5.75 Å². The number of aliphatic carboxylic acids is 1. The van der Waals surface area contributed by atoms with Crippen LogP contribution >= 0.6 is 0 Å². The number of sulfonamides is 2. The highest BCUT2D eigenvalue weighted by molar-refractivity contribution is 8.09. The van der Waals surface area contributed by atoms with E-state index in [0.717, 1.165) is 12.5 Å². The largest absolute Gasteiger partial charge is 0.478 e. The summed E-state index contributed by atoms with van der Waals surface area (Å²) >= 11 is 0. The molecular weight excluding hydrogens is 322 g/mol. The second-order valence-electron chi connectivity index (χ2n) is 4.66. The molecule has 1 heterocycles. The third kappa shape index (κ3) is 3.10. The van der Waals surface area contributed by atoms with E-state index >= 15 is 0 Å². The second kappa shape index (κ2) is 4.88. The Hall–Kier alpha value is -1.81. The van der Waals surface area contributed by atoms with Crippen molar-refractivity contribution in [3.8, 4) is 5.75 Å². The van der Waals surface area contributed by atoms with Crippen LogP contribution < -0.4 is 8.45 Å². The van der Waals surface area contributed by atoms with Crippen molar-refractivity contribution in [3.63, 3.8) is 0 Å². The van der Waals surface area contributed by atoms with Crippen molar-refractivity contribution < 1.29 is 31.5 Å². The van der Waals surface area contributed by atoms with Gasteiger partial charge in [0.15, 0.2) is 6.10 Å². The lowest BCUT2D eigenvalue weighted by Crippen LogP contribution is -2.35. The first-order valence-electron chi connectivity index (χ1n) is 5.73. The number of hydrogen-bond donors (Lipinski definition) is 1. The monoisotopic (exact) mass is 335 g/mol. The summed E-state index contributed by atoms with van der Waals surface area (Å²) < 4.78 is 52.1. The zero-order valence-corrected chi connectivity index (χ0v) is 12.8. The van der Waals surface area contributed by atoms with Crippen molar-refractivity contribution in [1.82, 2.24) is 0 Å². The second-order valence-corrected chi connectivity index (χ2v) is 8.56. The van der Waals surface area contributed by atoms with E-state index < -0.39 is 32.1 Å². The van der Waals surface area contributed by atoms with Crippen LogP contribution in [0.25, 0.3) is 0 Å². The number of carboxylic acids is 1. The molecule has 1 aliphatic heterocycles. The molecule has 1 aromatic rings. The predicted molar refractivity (Wildman–Crippen MR) is 74.4 cm³/mol. The van der Waals surface area contributed by atoms with Crippen LogP contribution in [0, 0.1) is 0 Å². The lowest BCUT2D eigenvalue weighted by atomic mass is 10.1. The molecule has 0 saturated heterocycles. The average molecular weight is 335 g/mol. The molecule has 0 radical (unpaired) electrons. The van der Waals surface area contributed by atoms with Gasteiger partial charge in [0.25, 0.3) is 0 Å². The van der Waals surface area contributed by atoms with Crippen molar-refractivity contribution in [3.05, 3.63) is 23.8 Å². The Morgan fingerprint density at radius 3 is 2.29 bits per heavy atom. The number of nitrogens with zero attached hydrogens (tertiary/aromatic N) is 1. The molecule has 0 fully saturated rings. The minimum Gasteiger partial charge on any atom is -0.478 e. The van der Waals surface area contributed by atoms with Gasteiger partial charge in [-0.3, -0.25) is 0 Å². The smallest absolute Gasteiger partial charge is 0.345 e. The number of carboxylic acid groups (broad SMARTS) is 1. The number of rotatable bonds is 4. The Balaban J connectivity index is 2.49. The normalized spacial score (nSPS) is 17.9. The minimum absolute atomic E-state index is 0.0415. The molecule has 116 valence electrons. The fourth-order valence-electron chi connectivity index (χ4n) is 2.12. The summed E-state index contributed by atoms with van der Waals surface area (Å²) in [5.41, 5.74) is 0.366. The van der Waals surface area contributed by atoms with Crippen LogP contribution in [0.2, 0.25) is 0 Å². The van der Waals surface area contributed by atoms with Crippen LogP contribution in [-0.2, 0) is 31.3 Å². The molecule has 2 rings (SSSR count). The van der Waals surface area contributed by atoms with Gasteiger partial charge in [0, 0.05) is 12.0 Å². The molecule has 0 spiro atoms. The van der Waals surface area contributed by atoms with Crippen molar-refractivity contribution in [2.75, 3.05) is 16.2 Å². The predicted octanol–water partition coefficient (Wildman–Crippen LogP) is -0.200. The van der Waals surface area contributed by atoms with E-state index in [1.54, 1.807) is 0 Å². The number of ether oxygens (including phenoxy) is 1. The summed E-state index contributed by atoms with van der Waals surface area (Å²) in [7, 11) is -8.07. The number of hydrogen-bond acceptors (Lipinski definition) is 6. The summed E-state index contributed by atoms with van der Waals surface area (Å²) in [6.07, 6.45) is 0.537. The standard InChI is InChI=1S/C11H13NO7S2/c1-20(15,16)12(21(2,17)18)8-3-4-9-7(5-8)6-10(19-9)11(13)14/h3-5,10H,6H2,1-2H3,(H,13,14). The van der Waals surface area contributed by atoms with Crippen molar-refractivity contribution in [2.24, 2.45) is 0 Å². The molecule has 8 nitrogen and oxygen atoms in total. The summed E-state index contributed by atoms with van der Waals surface area (Å²) in [5, 5.41) is 8.90. The maximum absolute atomic E-state index is 11.7. The molecule has 10 heteroatoms. The van der Waals surface area contributed by atoms with Gasteiger partial charge in [-0.1, -0.05) is 0 Å². The van der Waals surface area contributed by atoms with Crippen LogP contribution in [0.5, 0.6) is 5.75 Å². The van der Waals surface area contributed by atoms with E-state index in [2.05, 4.69) is 0 Å². The summed E-state index contributed by atoms with van der Waals surface area (Å²) in [6.45, 7) is 0. The molecule has 21 heavy (non-hydrogen) atoms. The number of anilines is 1. The Kier molecular flexibility index (Phi) is 3.62.